The van der Waals surface area contributed by atoms with Gasteiger partial charge in [-0.05, 0) is 0 Å². The Kier molecular flexibility index (Phi) is 39.2. The summed E-state index contributed by atoms with van der Waals surface area (Å²) < 4.78 is 17.9. The van der Waals surface area contributed by atoms with Crippen LogP contribution in [0.5, 0.6) is 0 Å². The zero-order valence-corrected chi connectivity index (χ0v) is 41.4. The van der Waals surface area contributed by atoms with Gasteiger partial charge in [-0.2, -0.15) is 0 Å². The van der Waals surface area contributed by atoms with Crippen LogP contribution in [0.3, 0.4) is 0 Å². The summed E-state index contributed by atoms with van der Waals surface area (Å²) in [5, 5.41) is 0. The quantitative estimate of drug-likeness (QED) is 0.0352. The van der Waals surface area contributed by atoms with E-state index < -0.39 is 40.3 Å². The van der Waals surface area contributed by atoms with Crippen LogP contribution in [0.1, 0.15) is 234 Å². The molecule has 0 atom stereocenters. The van der Waals surface area contributed by atoms with Crippen LogP contribution in [0.25, 0.3) is 0 Å². The minimum absolute atomic E-state index is 0.110. The molecule has 0 rings (SSSR count). The van der Waals surface area contributed by atoms with E-state index in [-0.39, 0.29) is 11.9 Å². The fourth-order valence-corrected chi connectivity index (χ4v) is 21.1. The molecule has 0 aromatic heterocycles. The average molecular weight is 919 g/mol. The molecule has 0 saturated carbocycles. The van der Waals surface area contributed by atoms with E-state index in [1.54, 1.807) is 0 Å². The van der Waals surface area contributed by atoms with E-state index in [1.165, 1.54) is 154 Å². The van der Waals surface area contributed by atoms with E-state index >= 15 is 0 Å². The molecule has 0 aliphatic rings. The molecule has 0 aliphatic carbocycles. The average Bonchev–Trinajstić information content (AvgIpc) is 3.11. The summed E-state index contributed by atoms with van der Waals surface area (Å²) in [5.41, 5.74) is 1.45. The second-order valence-electron chi connectivity index (χ2n) is 15.4. The summed E-state index contributed by atoms with van der Waals surface area (Å²) in [7, 11) is 0. The van der Waals surface area contributed by atoms with Crippen molar-refractivity contribution in [1.82, 2.24) is 0 Å². The monoisotopic (exact) mass is 920 g/mol. The van der Waals surface area contributed by atoms with E-state index in [0.29, 0.717) is 12.8 Å². The van der Waals surface area contributed by atoms with Gasteiger partial charge in [-0.15, -0.1) is 0 Å². The predicted molar refractivity (Wildman–Crippen MR) is 225 cm³/mol. The van der Waals surface area contributed by atoms with Gasteiger partial charge in [0.05, 0.1) is 0 Å². The van der Waals surface area contributed by atoms with Gasteiger partial charge in [0.1, 0.15) is 0 Å². The van der Waals surface area contributed by atoms with Crippen LogP contribution in [0.15, 0.2) is 11.1 Å². The zero-order chi connectivity index (χ0) is 36.9. The van der Waals surface area contributed by atoms with E-state index in [9.17, 15) is 9.59 Å². The van der Waals surface area contributed by atoms with Crippen molar-refractivity contribution in [3.05, 3.63) is 11.1 Å². The van der Waals surface area contributed by atoms with Gasteiger partial charge in [0.15, 0.2) is 0 Å². The van der Waals surface area contributed by atoms with Crippen molar-refractivity contribution in [1.29, 1.82) is 0 Å². The number of rotatable bonds is 38. The standard InChI is InChI=1S/C20H36O4.4C6H13.2Sn.2H/c1-3-5-7-9-11-13-15-17(19(21)22)18(20(23)24)16-14-12-10-8-6-4-2;4*1-3-5-6-4-2;;;;/h3-16H2,1-2H3,(H,21,22)(H,23,24);4*1,3-6H2,2H3;;;;/q;;;;;2*+1;;/p-2/b18-17-;;;;;;;;. The SMILES string of the molecule is CCCCCCCC/C(C(=O)[O][SnH]([CH2]CCCCC)[CH2]CCCCC)=C(\CCCCCCCC)C(=O)[O][SnH]([CH2]CCCCC)[CH2]CCCCC. The van der Waals surface area contributed by atoms with E-state index in [0.717, 1.165) is 54.6 Å². The van der Waals surface area contributed by atoms with Gasteiger partial charge < -0.3 is 0 Å². The Hall–Kier alpha value is 0.277. The van der Waals surface area contributed by atoms with Crippen molar-refractivity contribution >= 4 is 52.3 Å². The van der Waals surface area contributed by atoms with Gasteiger partial charge >= 0.3 is 331 Å². The van der Waals surface area contributed by atoms with Crippen molar-refractivity contribution in [2.75, 3.05) is 0 Å². The third-order valence-corrected chi connectivity index (χ3v) is 25.6. The summed E-state index contributed by atoms with van der Waals surface area (Å²) in [6.07, 6.45) is 35.3. The molecule has 0 bridgehead atoms. The van der Waals surface area contributed by atoms with Crippen LogP contribution in [-0.2, 0) is 15.7 Å². The Morgan fingerprint density at radius 3 is 0.800 bits per heavy atom. The Morgan fingerprint density at radius 2 is 0.540 bits per heavy atom. The Labute approximate surface area is 328 Å². The van der Waals surface area contributed by atoms with Gasteiger partial charge in [0.25, 0.3) is 0 Å². The molecule has 0 aromatic rings. The van der Waals surface area contributed by atoms with E-state index in [4.69, 9.17) is 6.15 Å². The molecule has 296 valence electrons. The molecular weight excluding hydrogens is 830 g/mol. The minimum atomic E-state index is -2.55. The van der Waals surface area contributed by atoms with Crippen LogP contribution < -0.4 is 0 Å². The van der Waals surface area contributed by atoms with Crippen LogP contribution in [0, 0.1) is 0 Å². The molecule has 0 spiro atoms. The molecule has 50 heavy (non-hydrogen) atoms. The van der Waals surface area contributed by atoms with Gasteiger partial charge in [0, 0.05) is 0 Å². The first-order chi connectivity index (χ1) is 24.5. The van der Waals surface area contributed by atoms with Crippen molar-refractivity contribution in [3.63, 3.8) is 0 Å². The normalized spacial score (nSPS) is 12.2. The summed E-state index contributed by atoms with van der Waals surface area (Å²) in [4.78, 5) is 28.7. The number of hydrogen-bond donors (Lipinski definition) is 0. The number of unbranched alkanes of at least 4 members (excludes halogenated alkanes) is 22. The van der Waals surface area contributed by atoms with Crippen LogP contribution in [-0.4, -0.2) is 52.3 Å². The van der Waals surface area contributed by atoms with Crippen molar-refractivity contribution in [2.24, 2.45) is 0 Å². The molecule has 0 radical (unpaired) electrons. The molecule has 0 amide bonds. The Bertz CT molecular complexity index is 711. The van der Waals surface area contributed by atoms with Crippen LogP contribution in [0.2, 0.25) is 17.7 Å². The predicted octanol–water partition coefficient (Wildman–Crippen LogP) is 14.6. The second kappa shape index (κ2) is 39.0. The molecule has 0 fully saturated rings. The number of hydrogen-bond acceptors (Lipinski definition) is 4. The fourth-order valence-electron chi connectivity index (χ4n) is 7.08. The first-order valence-corrected chi connectivity index (χ1v) is 34.6. The third kappa shape index (κ3) is 29.7. The summed E-state index contributed by atoms with van der Waals surface area (Å²) in [6, 6.07) is 0. The Morgan fingerprint density at radius 1 is 0.320 bits per heavy atom. The van der Waals surface area contributed by atoms with Gasteiger partial charge in [-0.3, -0.25) is 0 Å². The van der Waals surface area contributed by atoms with E-state index in [1.807, 2.05) is 0 Å². The second-order valence-corrected chi connectivity index (χ2v) is 30.5. The van der Waals surface area contributed by atoms with Gasteiger partial charge in [-0.25, -0.2) is 0 Å². The summed E-state index contributed by atoms with van der Waals surface area (Å²) in [6.45, 7) is 13.6. The summed E-state index contributed by atoms with van der Waals surface area (Å²) in [5.74, 6) is -0.221. The van der Waals surface area contributed by atoms with Crippen LogP contribution >= 0.6 is 0 Å². The number of carbonyl (C=O) groups excluding carboxylic acids is 2. The maximum absolute atomic E-state index is 14.4. The Balaban J connectivity index is 6.33. The van der Waals surface area contributed by atoms with E-state index in [2.05, 4.69) is 41.5 Å². The molecule has 4 nitrogen and oxygen atoms in total. The number of carbonyl (C=O) groups is 2. The topological polar surface area (TPSA) is 52.6 Å². The van der Waals surface area contributed by atoms with Gasteiger partial charge in [-0.1, -0.05) is 0 Å². The molecule has 0 saturated heterocycles. The fraction of sp³-hybridized carbons (Fsp3) is 0.909. The van der Waals surface area contributed by atoms with Gasteiger partial charge in [0.2, 0.25) is 0 Å². The molecule has 6 heteroatoms. The molecule has 0 N–H and O–H groups in total. The molecule has 0 aliphatic heterocycles. The molecule has 0 unspecified atom stereocenters. The molecular formula is C44H88O4Sn2. The third-order valence-electron chi connectivity index (χ3n) is 10.5. The van der Waals surface area contributed by atoms with Crippen molar-refractivity contribution in [3.8, 4) is 0 Å². The summed E-state index contributed by atoms with van der Waals surface area (Å²) >= 11 is -5.11. The first-order valence-electron chi connectivity index (χ1n) is 22.6. The zero-order valence-electron chi connectivity index (χ0n) is 34.8. The molecule has 0 heterocycles. The first kappa shape index (κ1) is 50.3. The van der Waals surface area contributed by atoms with Crippen molar-refractivity contribution in [2.45, 2.75) is 252 Å². The maximum atomic E-state index is 14.4. The van der Waals surface area contributed by atoms with Crippen LogP contribution in [0.4, 0.5) is 0 Å². The van der Waals surface area contributed by atoms with Crippen molar-refractivity contribution < 1.29 is 15.7 Å². The molecule has 0 aromatic carbocycles.